The molecule has 0 aliphatic carbocycles. The second-order valence-corrected chi connectivity index (χ2v) is 6.52. The van der Waals surface area contributed by atoms with Crippen LogP contribution in [-0.2, 0) is 0 Å². The molecule has 0 bridgehead atoms. The molecule has 1 aliphatic rings. The molecule has 0 radical (unpaired) electrons. The Morgan fingerprint density at radius 3 is 3.04 bits per heavy atom. The van der Waals surface area contributed by atoms with Gasteiger partial charge in [0.2, 0.25) is 0 Å². The summed E-state index contributed by atoms with van der Waals surface area (Å²) in [5, 5.41) is 4.13. The van der Waals surface area contributed by atoms with Crippen molar-refractivity contribution in [2.24, 2.45) is 5.92 Å². The maximum atomic E-state index is 12.5. The maximum Gasteiger partial charge on any atom is 0.268 e. The summed E-state index contributed by atoms with van der Waals surface area (Å²) in [7, 11) is 3.79. The molecule has 1 amide bonds. The first-order valence-corrected chi connectivity index (χ1v) is 8.21. The molecule has 3 rings (SSSR count). The molecule has 1 aromatic heterocycles. The van der Waals surface area contributed by atoms with E-state index >= 15 is 0 Å². The molecule has 2 heterocycles. The average molecular weight is 315 g/mol. The lowest BCUT2D eigenvalue weighted by molar-refractivity contribution is 0.0932. The fourth-order valence-electron chi connectivity index (χ4n) is 3.43. The van der Waals surface area contributed by atoms with Crippen molar-refractivity contribution >= 4 is 16.8 Å². The van der Waals surface area contributed by atoms with Gasteiger partial charge in [-0.1, -0.05) is 0 Å². The zero-order valence-corrected chi connectivity index (χ0v) is 14.1. The van der Waals surface area contributed by atoms with Gasteiger partial charge >= 0.3 is 0 Å². The number of carbonyl (C=O) groups is 1. The van der Waals surface area contributed by atoms with Crippen molar-refractivity contribution in [3.8, 4) is 5.75 Å². The number of likely N-dealkylation sites (tertiary alicyclic amines) is 1. The number of fused-ring (bicyclic) bond motifs is 1. The monoisotopic (exact) mass is 315 g/mol. The summed E-state index contributed by atoms with van der Waals surface area (Å²) in [4.78, 5) is 18.1. The first-order valence-electron chi connectivity index (χ1n) is 8.21. The smallest absolute Gasteiger partial charge is 0.268 e. The summed E-state index contributed by atoms with van der Waals surface area (Å²) < 4.78 is 5.26. The van der Waals surface area contributed by atoms with Crippen LogP contribution in [0.15, 0.2) is 18.2 Å². The third kappa shape index (κ3) is 3.34. The van der Waals surface area contributed by atoms with Crippen LogP contribution in [0.5, 0.6) is 5.75 Å². The largest absolute Gasteiger partial charge is 0.497 e. The van der Waals surface area contributed by atoms with Gasteiger partial charge in [0.25, 0.3) is 5.91 Å². The topological polar surface area (TPSA) is 57.4 Å². The molecule has 1 atom stereocenters. The Kier molecular flexibility index (Phi) is 4.57. The number of hydrogen-bond acceptors (Lipinski definition) is 3. The molecule has 1 fully saturated rings. The molecular weight excluding hydrogens is 290 g/mol. The van der Waals surface area contributed by atoms with Crippen LogP contribution in [0.2, 0.25) is 0 Å². The molecule has 0 spiro atoms. The highest BCUT2D eigenvalue weighted by molar-refractivity contribution is 6.01. The second kappa shape index (κ2) is 6.62. The summed E-state index contributed by atoms with van der Waals surface area (Å²) in [5.74, 6) is 1.32. The highest BCUT2D eigenvalue weighted by atomic mass is 16.5. The van der Waals surface area contributed by atoms with Crippen molar-refractivity contribution in [2.75, 3.05) is 33.8 Å². The van der Waals surface area contributed by atoms with Gasteiger partial charge in [-0.3, -0.25) is 4.79 Å². The van der Waals surface area contributed by atoms with E-state index in [4.69, 9.17) is 4.74 Å². The normalized spacial score (nSPS) is 19.0. The predicted molar refractivity (Wildman–Crippen MR) is 92.1 cm³/mol. The van der Waals surface area contributed by atoms with Gasteiger partial charge in [-0.05, 0) is 63.0 Å². The van der Waals surface area contributed by atoms with E-state index in [2.05, 4.69) is 22.2 Å². The Balaban J connectivity index is 1.72. The average Bonchev–Trinajstić information content (AvgIpc) is 2.89. The highest BCUT2D eigenvalue weighted by Gasteiger charge is 2.20. The van der Waals surface area contributed by atoms with E-state index in [-0.39, 0.29) is 5.91 Å². The van der Waals surface area contributed by atoms with E-state index in [9.17, 15) is 4.79 Å². The molecule has 2 aromatic rings. The number of benzene rings is 1. The number of aryl methyl sites for hydroxylation is 1. The van der Waals surface area contributed by atoms with Crippen LogP contribution in [-0.4, -0.2) is 49.6 Å². The van der Waals surface area contributed by atoms with Crippen molar-refractivity contribution in [3.05, 3.63) is 29.5 Å². The molecule has 2 N–H and O–H groups in total. The first kappa shape index (κ1) is 15.9. The van der Waals surface area contributed by atoms with Crippen molar-refractivity contribution in [1.29, 1.82) is 0 Å². The van der Waals surface area contributed by atoms with Gasteiger partial charge in [-0.15, -0.1) is 0 Å². The van der Waals surface area contributed by atoms with Crippen LogP contribution in [0.3, 0.4) is 0 Å². The Morgan fingerprint density at radius 1 is 1.48 bits per heavy atom. The maximum absolute atomic E-state index is 12.5. The molecule has 23 heavy (non-hydrogen) atoms. The number of H-pyrrole nitrogens is 1. The molecule has 1 saturated heterocycles. The fraction of sp³-hybridized carbons (Fsp3) is 0.500. The summed E-state index contributed by atoms with van der Waals surface area (Å²) in [6.45, 7) is 4.93. The van der Waals surface area contributed by atoms with Crippen LogP contribution in [0, 0.1) is 12.8 Å². The number of rotatable bonds is 4. The van der Waals surface area contributed by atoms with E-state index in [1.54, 1.807) is 7.11 Å². The van der Waals surface area contributed by atoms with Gasteiger partial charge in [0.15, 0.2) is 0 Å². The van der Waals surface area contributed by atoms with Crippen molar-refractivity contribution in [1.82, 2.24) is 15.2 Å². The summed E-state index contributed by atoms with van der Waals surface area (Å²) in [6.07, 6.45) is 2.40. The van der Waals surface area contributed by atoms with E-state index in [0.29, 0.717) is 11.6 Å². The minimum absolute atomic E-state index is 0.0223. The number of amides is 1. The molecular formula is C18H25N3O2. The minimum atomic E-state index is -0.0223. The first-order chi connectivity index (χ1) is 11.1. The molecule has 5 nitrogen and oxygen atoms in total. The molecule has 1 aromatic carbocycles. The van der Waals surface area contributed by atoms with Crippen LogP contribution >= 0.6 is 0 Å². The number of hydrogen-bond donors (Lipinski definition) is 2. The van der Waals surface area contributed by atoms with Gasteiger partial charge in [-0.25, -0.2) is 0 Å². The molecule has 5 heteroatoms. The van der Waals surface area contributed by atoms with E-state index in [1.165, 1.54) is 12.8 Å². The van der Waals surface area contributed by atoms with Crippen molar-refractivity contribution in [3.63, 3.8) is 0 Å². The Hall–Kier alpha value is -2.01. The zero-order chi connectivity index (χ0) is 16.4. The number of carbonyl (C=O) groups excluding carboxylic acids is 1. The standard InChI is InChI=1S/C18H25N3O2/c1-12-15-9-14(23-3)6-7-16(15)20-17(12)18(22)19-10-13-5-4-8-21(2)11-13/h6-7,9,13,20H,4-5,8,10-11H2,1-3H3,(H,19,22). The lowest BCUT2D eigenvalue weighted by Gasteiger charge is -2.29. The number of methoxy groups -OCH3 is 1. The van der Waals surface area contributed by atoms with Gasteiger partial charge in [0.05, 0.1) is 7.11 Å². The lowest BCUT2D eigenvalue weighted by Crippen LogP contribution is -2.39. The third-order valence-electron chi connectivity index (χ3n) is 4.77. The number of aromatic nitrogens is 1. The van der Waals surface area contributed by atoms with Crippen molar-refractivity contribution in [2.45, 2.75) is 19.8 Å². The second-order valence-electron chi connectivity index (χ2n) is 6.52. The Labute approximate surface area is 137 Å². The van der Waals surface area contributed by atoms with E-state index in [0.717, 1.165) is 41.9 Å². The number of aromatic amines is 1. The molecule has 1 unspecified atom stereocenters. The zero-order valence-electron chi connectivity index (χ0n) is 14.1. The number of nitrogens with one attached hydrogen (secondary N) is 2. The summed E-state index contributed by atoms with van der Waals surface area (Å²) >= 11 is 0. The minimum Gasteiger partial charge on any atom is -0.497 e. The number of nitrogens with zero attached hydrogens (tertiary/aromatic N) is 1. The van der Waals surface area contributed by atoms with E-state index < -0.39 is 0 Å². The third-order valence-corrected chi connectivity index (χ3v) is 4.77. The van der Waals surface area contributed by atoms with Crippen molar-refractivity contribution < 1.29 is 9.53 Å². The van der Waals surface area contributed by atoms with Gasteiger partial charge in [-0.2, -0.15) is 0 Å². The van der Waals surface area contributed by atoms with Crippen LogP contribution in [0.25, 0.3) is 10.9 Å². The molecule has 0 saturated carbocycles. The highest BCUT2D eigenvalue weighted by Crippen LogP contribution is 2.26. The fourth-order valence-corrected chi connectivity index (χ4v) is 3.43. The van der Waals surface area contributed by atoms with Gasteiger partial charge < -0.3 is 19.9 Å². The summed E-state index contributed by atoms with van der Waals surface area (Å²) in [6, 6.07) is 5.82. The van der Waals surface area contributed by atoms with Gasteiger partial charge in [0.1, 0.15) is 11.4 Å². The lowest BCUT2D eigenvalue weighted by atomic mass is 9.98. The number of piperidine rings is 1. The Bertz CT molecular complexity index is 708. The summed E-state index contributed by atoms with van der Waals surface area (Å²) in [5.41, 5.74) is 2.58. The number of ether oxygens (including phenoxy) is 1. The quantitative estimate of drug-likeness (QED) is 0.911. The Morgan fingerprint density at radius 2 is 2.30 bits per heavy atom. The molecule has 124 valence electrons. The van der Waals surface area contributed by atoms with Crippen LogP contribution in [0.4, 0.5) is 0 Å². The SMILES string of the molecule is COc1ccc2[nH]c(C(=O)NCC3CCCN(C)C3)c(C)c2c1. The molecule has 1 aliphatic heterocycles. The van der Waals surface area contributed by atoms with E-state index in [1.807, 2.05) is 25.1 Å². The van der Waals surface area contributed by atoms with Crippen LogP contribution < -0.4 is 10.1 Å². The van der Waals surface area contributed by atoms with Crippen LogP contribution in [0.1, 0.15) is 28.9 Å². The predicted octanol–water partition coefficient (Wildman–Crippen LogP) is 2.56. The van der Waals surface area contributed by atoms with Gasteiger partial charge in [0, 0.05) is 24.0 Å².